The van der Waals surface area contributed by atoms with Crippen LogP contribution in [-0.4, -0.2) is 17.0 Å². The number of nitrogens with two attached hydrogens (primary N) is 1. The molecule has 0 saturated carbocycles. The topological polar surface area (TPSA) is 87.7 Å². The second-order valence-electron chi connectivity index (χ2n) is 3.06. The zero-order chi connectivity index (χ0) is 13.0. The van der Waals surface area contributed by atoms with Crippen LogP contribution in [0.4, 0.5) is 5.69 Å². The van der Waals surface area contributed by atoms with Crippen LogP contribution in [-0.2, 0) is 4.79 Å². The van der Waals surface area contributed by atoms with E-state index in [1.807, 2.05) is 0 Å². The Balaban J connectivity index is 2.82. The summed E-state index contributed by atoms with van der Waals surface area (Å²) in [5.41, 5.74) is 5.48. The first-order valence-corrected chi connectivity index (χ1v) is 5.48. The maximum Gasteiger partial charge on any atom is 0.232 e. The molecule has 0 spiro atoms. The molecule has 17 heavy (non-hydrogen) atoms. The Morgan fingerprint density at radius 1 is 1.29 bits per heavy atom. The van der Waals surface area contributed by atoms with E-state index in [1.165, 1.54) is 12.1 Å². The summed E-state index contributed by atoms with van der Waals surface area (Å²) in [5, 5.41) is 14.2. The van der Waals surface area contributed by atoms with E-state index in [4.69, 9.17) is 45.7 Å². The molecule has 1 amide bonds. The molecule has 0 atom stereocenters. The summed E-state index contributed by atoms with van der Waals surface area (Å²) in [7, 11) is 0. The van der Waals surface area contributed by atoms with Crippen LogP contribution < -0.4 is 11.1 Å². The first-order valence-electron chi connectivity index (χ1n) is 4.35. The zero-order valence-electron chi connectivity index (χ0n) is 8.38. The summed E-state index contributed by atoms with van der Waals surface area (Å²) in [5.74, 6) is -0.695. The van der Waals surface area contributed by atoms with Gasteiger partial charge in [0.2, 0.25) is 5.91 Å². The molecule has 0 unspecified atom stereocenters. The number of benzene rings is 1. The van der Waals surface area contributed by atoms with E-state index in [2.05, 4.69) is 10.5 Å². The van der Waals surface area contributed by atoms with E-state index in [0.29, 0.717) is 5.69 Å². The number of hydrogen-bond acceptors (Lipinski definition) is 3. The summed E-state index contributed by atoms with van der Waals surface area (Å²) in [4.78, 5) is 11.4. The van der Waals surface area contributed by atoms with Crippen molar-refractivity contribution in [3.63, 3.8) is 0 Å². The monoisotopic (exact) mass is 295 g/mol. The third-order valence-corrected chi connectivity index (χ3v) is 2.79. The summed E-state index contributed by atoms with van der Waals surface area (Å²) in [6.45, 7) is 0. The number of nitrogens with zero attached hydrogens (tertiary/aromatic N) is 1. The van der Waals surface area contributed by atoms with Crippen LogP contribution in [0.3, 0.4) is 0 Å². The Morgan fingerprint density at radius 3 is 2.47 bits per heavy atom. The first-order chi connectivity index (χ1) is 7.93. The molecule has 0 aliphatic heterocycles. The predicted octanol–water partition coefficient (Wildman–Crippen LogP) is 2.72. The van der Waals surface area contributed by atoms with Crippen molar-refractivity contribution in [2.45, 2.75) is 6.42 Å². The number of hydrogen-bond donors (Lipinski definition) is 3. The van der Waals surface area contributed by atoms with Gasteiger partial charge in [0, 0.05) is 0 Å². The molecular weight excluding hydrogens is 288 g/mol. The van der Waals surface area contributed by atoms with Crippen molar-refractivity contribution in [3.8, 4) is 0 Å². The lowest BCUT2D eigenvalue weighted by Crippen LogP contribution is -2.22. The van der Waals surface area contributed by atoms with Crippen molar-refractivity contribution in [1.82, 2.24) is 0 Å². The van der Waals surface area contributed by atoms with Crippen LogP contribution in [0.1, 0.15) is 6.42 Å². The average molecular weight is 297 g/mol. The van der Waals surface area contributed by atoms with Crippen molar-refractivity contribution in [1.29, 1.82) is 0 Å². The highest BCUT2D eigenvalue weighted by Gasteiger charge is 2.10. The van der Waals surface area contributed by atoms with Gasteiger partial charge in [0.05, 0.1) is 27.2 Å². The number of carbonyl (C=O) groups is 1. The number of nitrogens with one attached hydrogen (secondary N) is 1. The van der Waals surface area contributed by atoms with Crippen molar-refractivity contribution >= 4 is 52.2 Å². The Morgan fingerprint density at radius 2 is 1.88 bits per heavy atom. The first kappa shape index (κ1) is 13.9. The van der Waals surface area contributed by atoms with E-state index in [9.17, 15) is 4.79 Å². The summed E-state index contributed by atoms with van der Waals surface area (Å²) in [6.07, 6.45) is -0.257. The molecule has 0 aromatic heterocycles. The van der Waals surface area contributed by atoms with Crippen LogP contribution in [0.5, 0.6) is 0 Å². The van der Waals surface area contributed by atoms with E-state index in [-0.39, 0.29) is 27.3 Å². The van der Waals surface area contributed by atoms with Crippen molar-refractivity contribution in [2.75, 3.05) is 5.32 Å². The maximum absolute atomic E-state index is 11.4. The fourth-order valence-corrected chi connectivity index (χ4v) is 1.61. The molecule has 1 aromatic carbocycles. The van der Waals surface area contributed by atoms with Gasteiger partial charge >= 0.3 is 0 Å². The third kappa shape index (κ3) is 3.96. The summed E-state index contributed by atoms with van der Waals surface area (Å²) >= 11 is 17.3. The van der Waals surface area contributed by atoms with Crippen molar-refractivity contribution in [3.05, 3.63) is 27.2 Å². The Kier molecular flexibility index (Phi) is 4.86. The molecule has 0 aliphatic rings. The Labute approximate surface area is 112 Å². The number of amidine groups is 1. The number of rotatable bonds is 3. The van der Waals surface area contributed by atoms with Gasteiger partial charge in [-0.25, -0.2) is 0 Å². The lowest BCUT2D eigenvalue weighted by atomic mass is 10.3. The van der Waals surface area contributed by atoms with Crippen molar-refractivity contribution < 1.29 is 10.0 Å². The van der Waals surface area contributed by atoms with Gasteiger partial charge in [0.15, 0.2) is 0 Å². The Hall–Kier alpha value is -1.17. The quantitative estimate of drug-likeness (QED) is 0.263. The molecule has 0 bridgehead atoms. The molecule has 0 saturated heterocycles. The SMILES string of the molecule is N/C(CC(=O)Nc1cc(Cl)c(Cl)cc1Cl)=N\O. The van der Waals surface area contributed by atoms with Gasteiger partial charge < -0.3 is 16.3 Å². The maximum atomic E-state index is 11.4. The zero-order valence-corrected chi connectivity index (χ0v) is 10.6. The molecule has 0 heterocycles. The fourth-order valence-electron chi connectivity index (χ4n) is 1.01. The molecule has 0 radical (unpaired) electrons. The standard InChI is InChI=1S/C9H8Cl3N3O2/c10-4-1-6(12)7(2-5(4)11)14-9(16)3-8(13)15-17/h1-2,17H,3H2,(H2,13,15)(H,14,16). The van der Waals surface area contributed by atoms with Crippen LogP contribution >= 0.6 is 34.8 Å². The van der Waals surface area contributed by atoms with Gasteiger partial charge in [-0.3, -0.25) is 4.79 Å². The number of carbonyl (C=O) groups excluding carboxylic acids is 1. The number of halogens is 3. The van der Waals surface area contributed by atoms with E-state index in [0.717, 1.165) is 0 Å². The molecule has 4 N–H and O–H groups in total. The average Bonchev–Trinajstić information content (AvgIpc) is 2.25. The van der Waals surface area contributed by atoms with Crippen LogP contribution in [0, 0.1) is 0 Å². The van der Waals surface area contributed by atoms with Gasteiger partial charge in [-0.2, -0.15) is 0 Å². The Bertz CT molecular complexity index is 477. The molecule has 1 aromatic rings. The largest absolute Gasteiger partial charge is 0.409 e. The molecule has 1 rings (SSSR count). The molecule has 92 valence electrons. The predicted molar refractivity (Wildman–Crippen MR) is 68.1 cm³/mol. The highest BCUT2D eigenvalue weighted by atomic mass is 35.5. The van der Waals surface area contributed by atoms with E-state index in [1.54, 1.807) is 0 Å². The highest BCUT2D eigenvalue weighted by Crippen LogP contribution is 2.32. The van der Waals surface area contributed by atoms with Crippen LogP contribution in [0.15, 0.2) is 17.3 Å². The van der Waals surface area contributed by atoms with E-state index >= 15 is 0 Å². The molecule has 0 aliphatic carbocycles. The smallest absolute Gasteiger partial charge is 0.232 e. The van der Waals surface area contributed by atoms with Crippen molar-refractivity contribution in [2.24, 2.45) is 10.9 Å². The number of anilines is 1. The molecule has 8 heteroatoms. The lowest BCUT2D eigenvalue weighted by molar-refractivity contribution is -0.115. The van der Waals surface area contributed by atoms with Gasteiger partial charge in [0.1, 0.15) is 5.84 Å². The minimum atomic E-state index is -0.486. The molecule has 0 fully saturated rings. The van der Waals surface area contributed by atoms with E-state index < -0.39 is 5.91 Å². The summed E-state index contributed by atoms with van der Waals surface area (Å²) in [6, 6.07) is 2.82. The summed E-state index contributed by atoms with van der Waals surface area (Å²) < 4.78 is 0. The second-order valence-corrected chi connectivity index (χ2v) is 4.28. The van der Waals surface area contributed by atoms with Gasteiger partial charge in [0.25, 0.3) is 0 Å². The lowest BCUT2D eigenvalue weighted by Gasteiger charge is -2.08. The highest BCUT2D eigenvalue weighted by molar-refractivity contribution is 6.44. The fraction of sp³-hybridized carbons (Fsp3) is 0.111. The van der Waals surface area contributed by atoms with Crippen LogP contribution in [0.25, 0.3) is 0 Å². The number of oxime groups is 1. The van der Waals surface area contributed by atoms with Gasteiger partial charge in [-0.15, -0.1) is 0 Å². The second kappa shape index (κ2) is 5.95. The van der Waals surface area contributed by atoms with Crippen LogP contribution in [0.2, 0.25) is 15.1 Å². The number of amides is 1. The third-order valence-electron chi connectivity index (χ3n) is 1.75. The normalized spacial score (nSPS) is 11.4. The van der Waals surface area contributed by atoms with Gasteiger partial charge in [-0.05, 0) is 12.1 Å². The molecule has 5 nitrogen and oxygen atoms in total. The molecular formula is C9H8Cl3N3O2. The minimum absolute atomic E-state index is 0.210. The van der Waals surface area contributed by atoms with Gasteiger partial charge in [-0.1, -0.05) is 40.0 Å². The minimum Gasteiger partial charge on any atom is -0.409 e.